The molecule has 1 amide bonds. The molecule has 1 N–H and O–H groups in total. The van der Waals surface area contributed by atoms with Crippen molar-refractivity contribution in [2.45, 2.75) is 63.7 Å². The maximum atomic E-state index is 13.5. The van der Waals surface area contributed by atoms with Crippen LogP contribution in [-0.4, -0.2) is 23.2 Å². The van der Waals surface area contributed by atoms with Crippen LogP contribution >= 0.6 is 0 Å². The molecule has 37 heavy (non-hydrogen) atoms. The van der Waals surface area contributed by atoms with Gasteiger partial charge in [0.15, 0.2) is 0 Å². The standard InChI is InChI=1S/C26H26F6N2O3/c1-37-23(18-5-3-2-4-6-18)22-8-7-20(25(27,28)29)12-19(22)15-34(24(35)36)14-17-9-16(13-33)10-21(11-17)26(30,31)32/h7-12,18,23H,2-6,14-15H2,1H3,(H,35,36). The first kappa shape index (κ1) is 28.3. The number of nitrogens with zero attached hydrogens (tertiary/aromatic N) is 2. The summed E-state index contributed by atoms with van der Waals surface area (Å²) in [5.41, 5.74) is -2.05. The van der Waals surface area contributed by atoms with Crippen molar-refractivity contribution in [1.82, 2.24) is 4.90 Å². The van der Waals surface area contributed by atoms with Crippen LogP contribution in [0.15, 0.2) is 36.4 Å². The van der Waals surface area contributed by atoms with Crippen LogP contribution in [0, 0.1) is 17.2 Å². The molecule has 1 fully saturated rings. The number of methoxy groups -OCH3 is 1. The highest BCUT2D eigenvalue weighted by Gasteiger charge is 2.34. The Bertz CT molecular complexity index is 1150. The molecular weight excluding hydrogens is 502 g/mol. The Hall–Kier alpha value is -3.26. The summed E-state index contributed by atoms with van der Waals surface area (Å²) >= 11 is 0. The minimum atomic E-state index is -4.77. The Morgan fingerprint density at radius 2 is 1.68 bits per heavy atom. The second-order valence-corrected chi connectivity index (χ2v) is 9.13. The molecular formula is C26H26F6N2O3. The van der Waals surface area contributed by atoms with Crippen molar-refractivity contribution in [1.29, 1.82) is 5.26 Å². The topological polar surface area (TPSA) is 73.6 Å². The number of alkyl halides is 6. The van der Waals surface area contributed by atoms with Gasteiger partial charge in [0.1, 0.15) is 0 Å². The Morgan fingerprint density at radius 1 is 1.03 bits per heavy atom. The molecule has 1 atom stereocenters. The van der Waals surface area contributed by atoms with E-state index in [1.165, 1.54) is 13.2 Å². The van der Waals surface area contributed by atoms with Gasteiger partial charge in [-0.3, -0.25) is 4.90 Å². The molecule has 3 rings (SSSR count). The number of rotatable bonds is 7. The van der Waals surface area contributed by atoms with E-state index in [2.05, 4.69) is 0 Å². The molecule has 1 aliphatic carbocycles. The molecule has 0 aliphatic heterocycles. The van der Waals surface area contributed by atoms with E-state index in [0.29, 0.717) is 11.6 Å². The molecule has 2 aromatic carbocycles. The molecule has 200 valence electrons. The molecule has 5 nitrogen and oxygen atoms in total. The van der Waals surface area contributed by atoms with E-state index in [1.807, 2.05) is 0 Å². The number of hydrogen-bond donors (Lipinski definition) is 1. The van der Waals surface area contributed by atoms with Crippen LogP contribution in [-0.2, 0) is 30.2 Å². The molecule has 0 spiro atoms. The molecule has 0 radical (unpaired) electrons. The number of carboxylic acid groups (broad SMARTS) is 1. The third-order valence-electron chi connectivity index (χ3n) is 6.56. The summed E-state index contributed by atoms with van der Waals surface area (Å²) in [6.45, 7) is -1.08. The SMILES string of the molecule is COC(c1ccc(C(F)(F)F)cc1CN(Cc1cc(C#N)cc(C(F)(F)F)c1)C(=O)O)C1CCCCC1. The third kappa shape index (κ3) is 7.16. The number of nitriles is 1. The molecule has 2 aromatic rings. The molecule has 1 unspecified atom stereocenters. The summed E-state index contributed by atoms with van der Waals surface area (Å²) in [6, 6.07) is 7.19. The summed E-state index contributed by atoms with van der Waals surface area (Å²) < 4.78 is 86.1. The van der Waals surface area contributed by atoms with Crippen LogP contribution in [0.3, 0.4) is 0 Å². The normalized spacial score (nSPS) is 15.7. The van der Waals surface area contributed by atoms with Crippen molar-refractivity contribution in [2.24, 2.45) is 5.92 Å². The fourth-order valence-corrected chi connectivity index (χ4v) is 4.84. The van der Waals surface area contributed by atoms with Gasteiger partial charge in [0.05, 0.1) is 28.9 Å². The average Bonchev–Trinajstić information content (AvgIpc) is 2.84. The van der Waals surface area contributed by atoms with Crippen LogP contribution in [0.25, 0.3) is 0 Å². The van der Waals surface area contributed by atoms with E-state index in [1.54, 1.807) is 6.07 Å². The number of amides is 1. The van der Waals surface area contributed by atoms with Crippen LogP contribution < -0.4 is 0 Å². The maximum absolute atomic E-state index is 13.5. The fourth-order valence-electron chi connectivity index (χ4n) is 4.84. The molecule has 1 saturated carbocycles. The Balaban J connectivity index is 2.02. The minimum absolute atomic E-state index is 0.0363. The van der Waals surface area contributed by atoms with E-state index in [-0.39, 0.29) is 22.6 Å². The minimum Gasteiger partial charge on any atom is -0.465 e. The molecule has 0 heterocycles. The quantitative estimate of drug-likeness (QED) is 0.377. The van der Waals surface area contributed by atoms with Crippen LogP contribution in [0.5, 0.6) is 0 Å². The van der Waals surface area contributed by atoms with Gasteiger partial charge in [-0.1, -0.05) is 25.3 Å². The third-order valence-corrected chi connectivity index (χ3v) is 6.56. The molecule has 1 aliphatic rings. The molecule has 0 aromatic heterocycles. The second kappa shape index (κ2) is 11.4. The zero-order valence-corrected chi connectivity index (χ0v) is 20.0. The number of halogens is 6. The van der Waals surface area contributed by atoms with Gasteiger partial charge in [-0.15, -0.1) is 0 Å². The lowest BCUT2D eigenvalue weighted by atomic mass is 9.81. The van der Waals surface area contributed by atoms with E-state index in [0.717, 1.165) is 61.3 Å². The smallest absolute Gasteiger partial charge is 0.416 e. The van der Waals surface area contributed by atoms with Crippen molar-refractivity contribution in [3.8, 4) is 6.07 Å². The van der Waals surface area contributed by atoms with E-state index >= 15 is 0 Å². The first-order valence-corrected chi connectivity index (χ1v) is 11.7. The average molecular weight is 528 g/mol. The summed E-state index contributed by atoms with van der Waals surface area (Å²) in [4.78, 5) is 12.8. The van der Waals surface area contributed by atoms with Crippen LogP contribution in [0.1, 0.15) is 71.6 Å². The van der Waals surface area contributed by atoms with Gasteiger partial charge in [0, 0.05) is 20.2 Å². The summed E-state index contributed by atoms with van der Waals surface area (Å²) in [6.07, 6.45) is -7.01. The lowest BCUT2D eigenvalue weighted by molar-refractivity contribution is -0.138. The van der Waals surface area contributed by atoms with E-state index in [9.17, 15) is 36.2 Å². The zero-order valence-electron chi connectivity index (χ0n) is 20.0. The van der Waals surface area contributed by atoms with Gasteiger partial charge in [0.2, 0.25) is 0 Å². The molecule has 11 heteroatoms. The first-order valence-electron chi connectivity index (χ1n) is 11.7. The van der Waals surface area contributed by atoms with Crippen LogP contribution in [0.2, 0.25) is 0 Å². The predicted octanol–water partition coefficient (Wildman–Crippen LogP) is 7.54. The number of benzene rings is 2. The number of carbonyl (C=O) groups is 1. The van der Waals surface area contributed by atoms with E-state index in [4.69, 9.17) is 10.00 Å². The highest BCUT2D eigenvalue weighted by atomic mass is 19.4. The zero-order chi connectivity index (χ0) is 27.4. The Morgan fingerprint density at radius 3 is 2.22 bits per heavy atom. The van der Waals surface area contributed by atoms with Gasteiger partial charge in [0.25, 0.3) is 0 Å². The highest BCUT2D eigenvalue weighted by Crippen LogP contribution is 2.40. The first-order chi connectivity index (χ1) is 17.3. The van der Waals surface area contributed by atoms with Gasteiger partial charge in [-0.25, -0.2) is 4.79 Å². The molecule has 0 saturated heterocycles. The Kier molecular flexibility index (Phi) is 8.74. The van der Waals surface area contributed by atoms with Gasteiger partial charge in [-0.2, -0.15) is 31.6 Å². The van der Waals surface area contributed by atoms with Gasteiger partial charge < -0.3 is 9.84 Å². The monoisotopic (exact) mass is 528 g/mol. The summed E-state index contributed by atoms with van der Waals surface area (Å²) in [5, 5.41) is 18.9. The highest BCUT2D eigenvalue weighted by molar-refractivity contribution is 5.65. The lowest BCUT2D eigenvalue weighted by Gasteiger charge is -2.32. The second-order valence-electron chi connectivity index (χ2n) is 9.13. The number of ether oxygens (including phenoxy) is 1. The summed E-state index contributed by atoms with van der Waals surface area (Å²) in [5.74, 6) is 0.0363. The molecule has 0 bridgehead atoms. The Labute approximate surface area is 210 Å². The van der Waals surface area contributed by atoms with Gasteiger partial charge >= 0.3 is 18.4 Å². The van der Waals surface area contributed by atoms with Gasteiger partial charge in [-0.05, 0) is 65.8 Å². The largest absolute Gasteiger partial charge is 0.465 e. The maximum Gasteiger partial charge on any atom is 0.416 e. The van der Waals surface area contributed by atoms with Crippen molar-refractivity contribution in [2.75, 3.05) is 7.11 Å². The van der Waals surface area contributed by atoms with Crippen molar-refractivity contribution >= 4 is 6.09 Å². The van der Waals surface area contributed by atoms with Crippen molar-refractivity contribution in [3.05, 3.63) is 69.8 Å². The van der Waals surface area contributed by atoms with Crippen molar-refractivity contribution in [3.63, 3.8) is 0 Å². The van der Waals surface area contributed by atoms with Crippen LogP contribution in [0.4, 0.5) is 31.1 Å². The predicted molar refractivity (Wildman–Crippen MR) is 121 cm³/mol. The fraction of sp³-hybridized carbons (Fsp3) is 0.462. The number of hydrogen-bond acceptors (Lipinski definition) is 3. The van der Waals surface area contributed by atoms with E-state index < -0.39 is 48.8 Å². The summed E-state index contributed by atoms with van der Waals surface area (Å²) in [7, 11) is 1.45. The lowest BCUT2D eigenvalue weighted by Crippen LogP contribution is -2.30. The van der Waals surface area contributed by atoms with Crippen molar-refractivity contribution < 1.29 is 41.0 Å².